The van der Waals surface area contributed by atoms with Crippen molar-refractivity contribution in [3.05, 3.63) is 36.4 Å². The third-order valence-corrected chi connectivity index (χ3v) is 2.70. The second kappa shape index (κ2) is 4.93. The Morgan fingerprint density at radius 3 is 2.89 bits per heavy atom. The van der Waals surface area contributed by atoms with Crippen LogP contribution in [0.25, 0.3) is 10.9 Å². The lowest BCUT2D eigenvalue weighted by molar-refractivity contribution is 0.0697. The van der Waals surface area contributed by atoms with Crippen LogP contribution in [0.5, 0.6) is 0 Å². The van der Waals surface area contributed by atoms with Gasteiger partial charge in [-0.15, -0.1) is 6.58 Å². The van der Waals surface area contributed by atoms with Gasteiger partial charge >= 0.3 is 5.97 Å². The second-order valence-electron chi connectivity index (χ2n) is 4.11. The van der Waals surface area contributed by atoms with Gasteiger partial charge in [0.15, 0.2) is 0 Å². The molecule has 1 aromatic carbocycles. The van der Waals surface area contributed by atoms with Crippen molar-refractivity contribution in [1.29, 1.82) is 0 Å². The number of carbonyl (C=O) groups is 1. The third-order valence-electron chi connectivity index (χ3n) is 2.70. The minimum absolute atomic E-state index is 0.154. The maximum Gasteiger partial charge on any atom is 0.335 e. The molecule has 0 aliphatic heterocycles. The number of fused-ring (bicyclic) bond motifs is 1. The Bertz CT molecular complexity index is 654. The summed E-state index contributed by atoms with van der Waals surface area (Å²) >= 11 is 0. The highest BCUT2D eigenvalue weighted by molar-refractivity contribution is 5.97. The van der Waals surface area contributed by atoms with Gasteiger partial charge in [-0.05, 0) is 18.2 Å². The van der Waals surface area contributed by atoms with E-state index in [9.17, 15) is 4.79 Å². The van der Waals surface area contributed by atoms with E-state index in [2.05, 4.69) is 16.5 Å². The van der Waals surface area contributed by atoms with Gasteiger partial charge in [0.2, 0.25) is 5.95 Å². The molecule has 0 saturated carbocycles. The lowest BCUT2D eigenvalue weighted by Gasteiger charge is -2.18. The summed E-state index contributed by atoms with van der Waals surface area (Å²) in [6.07, 6.45) is 1.73. The second-order valence-corrected chi connectivity index (χ2v) is 4.11. The van der Waals surface area contributed by atoms with Crippen molar-refractivity contribution < 1.29 is 9.90 Å². The van der Waals surface area contributed by atoms with Gasteiger partial charge in [-0.2, -0.15) is 4.98 Å². The van der Waals surface area contributed by atoms with E-state index < -0.39 is 5.97 Å². The van der Waals surface area contributed by atoms with Crippen molar-refractivity contribution >= 4 is 28.6 Å². The van der Waals surface area contributed by atoms with Gasteiger partial charge in [-0.3, -0.25) is 0 Å². The first-order valence-corrected chi connectivity index (χ1v) is 5.65. The molecule has 0 amide bonds. The fraction of sp³-hybridized carbons (Fsp3) is 0.154. The Morgan fingerprint density at radius 1 is 1.53 bits per heavy atom. The molecule has 0 aliphatic carbocycles. The van der Waals surface area contributed by atoms with Crippen LogP contribution in [0, 0.1) is 0 Å². The standard InChI is InChI=1S/C13H14N4O2/c1-3-6-17(2)11-9-7-8(12(18)19)4-5-10(9)15-13(14)16-11/h3-5,7H,1,6H2,2H3,(H,18,19)(H2,14,15,16). The number of nitrogens with two attached hydrogens (primary N) is 1. The number of aromatic carboxylic acids is 1. The first-order valence-electron chi connectivity index (χ1n) is 5.65. The number of aromatic nitrogens is 2. The molecule has 6 nitrogen and oxygen atoms in total. The highest BCUT2D eigenvalue weighted by Gasteiger charge is 2.12. The minimum atomic E-state index is -0.990. The predicted molar refractivity (Wildman–Crippen MR) is 74.4 cm³/mol. The molecule has 3 N–H and O–H groups in total. The van der Waals surface area contributed by atoms with Crippen LogP contribution in [-0.4, -0.2) is 34.6 Å². The molecule has 6 heteroatoms. The fourth-order valence-electron chi connectivity index (χ4n) is 1.83. The van der Waals surface area contributed by atoms with Gasteiger partial charge in [0.25, 0.3) is 0 Å². The Labute approximate surface area is 110 Å². The number of hydrogen-bond acceptors (Lipinski definition) is 5. The van der Waals surface area contributed by atoms with Crippen molar-refractivity contribution in [1.82, 2.24) is 9.97 Å². The summed E-state index contributed by atoms with van der Waals surface area (Å²) in [5.41, 5.74) is 6.47. The Hall–Kier alpha value is -2.63. The van der Waals surface area contributed by atoms with E-state index in [4.69, 9.17) is 10.8 Å². The molecule has 0 saturated heterocycles. The number of likely N-dealkylation sites (N-methyl/N-ethyl adjacent to an activating group) is 1. The van der Waals surface area contributed by atoms with E-state index in [0.717, 1.165) is 0 Å². The molecule has 2 aromatic rings. The van der Waals surface area contributed by atoms with Crippen molar-refractivity contribution in [3.63, 3.8) is 0 Å². The third kappa shape index (κ3) is 2.47. The van der Waals surface area contributed by atoms with Crippen LogP contribution < -0.4 is 10.6 Å². The van der Waals surface area contributed by atoms with Crippen LogP contribution in [-0.2, 0) is 0 Å². The van der Waals surface area contributed by atoms with Crippen molar-refractivity contribution in [2.75, 3.05) is 24.2 Å². The van der Waals surface area contributed by atoms with E-state index in [-0.39, 0.29) is 11.5 Å². The molecule has 0 spiro atoms. The van der Waals surface area contributed by atoms with E-state index in [1.807, 2.05) is 11.9 Å². The number of hydrogen-bond donors (Lipinski definition) is 2. The average molecular weight is 258 g/mol. The van der Waals surface area contributed by atoms with Gasteiger partial charge in [0, 0.05) is 19.0 Å². The highest BCUT2D eigenvalue weighted by atomic mass is 16.4. The fourth-order valence-corrected chi connectivity index (χ4v) is 1.83. The monoisotopic (exact) mass is 258 g/mol. The summed E-state index contributed by atoms with van der Waals surface area (Å²) in [5.74, 6) is -0.247. The molecule has 0 aliphatic rings. The summed E-state index contributed by atoms with van der Waals surface area (Å²) in [5, 5.41) is 9.69. The van der Waals surface area contributed by atoms with Crippen LogP contribution in [0.3, 0.4) is 0 Å². The molecule has 0 fully saturated rings. The van der Waals surface area contributed by atoms with Gasteiger partial charge in [0.1, 0.15) is 5.82 Å². The van der Waals surface area contributed by atoms with Gasteiger partial charge in [-0.25, -0.2) is 9.78 Å². The predicted octanol–water partition coefficient (Wildman–Crippen LogP) is 1.53. The number of nitrogen functional groups attached to an aromatic ring is 1. The summed E-state index contributed by atoms with van der Waals surface area (Å²) in [7, 11) is 1.83. The van der Waals surface area contributed by atoms with E-state index >= 15 is 0 Å². The zero-order valence-corrected chi connectivity index (χ0v) is 10.5. The molecule has 0 radical (unpaired) electrons. The number of nitrogens with zero attached hydrogens (tertiary/aromatic N) is 3. The SMILES string of the molecule is C=CCN(C)c1nc(N)nc2ccc(C(=O)O)cc12. The van der Waals surface area contributed by atoms with Gasteiger partial charge in [-0.1, -0.05) is 6.08 Å². The minimum Gasteiger partial charge on any atom is -0.478 e. The Morgan fingerprint density at radius 2 is 2.26 bits per heavy atom. The Balaban J connectivity index is 2.68. The van der Waals surface area contributed by atoms with Crippen LogP contribution in [0.1, 0.15) is 10.4 Å². The molecule has 98 valence electrons. The number of carboxylic acids is 1. The van der Waals surface area contributed by atoms with Crippen molar-refractivity contribution in [2.45, 2.75) is 0 Å². The Kier molecular flexibility index (Phi) is 3.33. The molecule has 0 atom stereocenters. The van der Waals surface area contributed by atoms with E-state index in [1.54, 1.807) is 18.2 Å². The normalized spacial score (nSPS) is 10.4. The van der Waals surface area contributed by atoms with Crippen LogP contribution >= 0.6 is 0 Å². The summed E-state index contributed by atoms with van der Waals surface area (Å²) in [4.78, 5) is 21.1. The molecule has 0 unspecified atom stereocenters. The van der Waals surface area contributed by atoms with Crippen molar-refractivity contribution in [3.8, 4) is 0 Å². The van der Waals surface area contributed by atoms with E-state index in [0.29, 0.717) is 23.3 Å². The maximum absolute atomic E-state index is 11.0. The maximum atomic E-state index is 11.0. The van der Waals surface area contributed by atoms with Crippen molar-refractivity contribution in [2.24, 2.45) is 0 Å². The summed E-state index contributed by atoms with van der Waals surface area (Å²) < 4.78 is 0. The largest absolute Gasteiger partial charge is 0.478 e. The zero-order chi connectivity index (χ0) is 14.0. The van der Waals surface area contributed by atoms with Gasteiger partial charge < -0.3 is 15.7 Å². The van der Waals surface area contributed by atoms with Crippen LogP contribution in [0.4, 0.5) is 11.8 Å². The first-order chi connectivity index (χ1) is 9.02. The number of rotatable bonds is 4. The first kappa shape index (κ1) is 12.8. The molecule has 1 heterocycles. The van der Waals surface area contributed by atoms with Gasteiger partial charge in [0.05, 0.1) is 11.1 Å². The average Bonchev–Trinajstić information content (AvgIpc) is 2.37. The topological polar surface area (TPSA) is 92.3 Å². The smallest absolute Gasteiger partial charge is 0.335 e. The van der Waals surface area contributed by atoms with E-state index in [1.165, 1.54) is 6.07 Å². The lowest BCUT2D eigenvalue weighted by Crippen LogP contribution is -2.19. The molecular weight excluding hydrogens is 244 g/mol. The zero-order valence-electron chi connectivity index (χ0n) is 10.5. The summed E-state index contributed by atoms with van der Waals surface area (Å²) in [6, 6.07) is 4.67. The molecule has 1 aromatic heterocycles. The quantitative estimate of drug-likeness (QED) is 0.808. The molecule has 0 bridgehead atoms. The molecular formula is C13H14N4O2. The summed E-state index contributed by atoms with van der Waals surface area (Å²) in [6.45, 7) is 4.24. The molecule has 2 rings (SSSR count). The highest BCUT2D eigenvalue weighted by Crippen LogP contribution is 2.25. The number of benzene rings is 1. The van der Waals surface area contributed by atoms with Crippen LogP contribution in [0.2, 0.25) is 0 Å². The van der Waals surface area contributed by atoms with Crippen LogP contribution in [0.15, 0.2) is 30.9 Å². The number of carboxylic acid groups (broad SMARTS) is 1. The molecule has 19 heavy (non-hydrogen) atoms. The lowest BCUT2D eigenvalue weighted by atomic mass is 10.1. The number of anilines is 2.